The van der Waals surface area contributed by atoms with Crippen LogP contribution in [0.1, 0.15) is 18.9 Å². The normalized spacial score (nSPS) is 19.6. The first-order valence-electron chi connectivity index (χ1n) is 6.99. The van der Waals surface area contributed by atoms with E-state index < -0.39 is 23.1 Å². The van der Waals surface area contributed by atoms with E-state index in [4.69, 9.17) is 4.74 Å². The number of ether oxygens (including phenoxy) is 1. The Hall–Kier alpha value is -1.53. The summed E-state index contributed by atoms with van der Waals surface area (Å²) < 4.78 is 32.0. The SMILES string of the molecule is COC(=O)C(C)(c1cc(F)cc(F)c1)N1CCCNCC1. The predicted molar refractivity (Wildman–Crippen MR) is 74.8 cm³/mol. The van der Waals surface area contributed by atoms with Crippen LogP contribution in [0.2, 0.25) is 0 Å². The summed E-state index contributed by atoms with van der Waals surface area (Å²) in [7, 11) is 1.28. The third-order valence-electron chi connectivity index (χ3n) is 3.98. The third kappa shape index (κ3) is 3.22. The molecule has 1 aromatic rings. The van der Waals surface area contributed by atoms with Gasteiger partial charge in [-0.25, -0.2) is 13.6 Å². The second-order valence-electron chi connectivity index (χ2n) is 5.31. The van der Waals surface area contributed by atoms with E-state index in [0.717, 1.165) is 19.0 Å². The molecule has 1 saturated heterocycles. The zero-order valence-electron chi connectivity index (χ0n) is 12.3. The lowest BCUT2D eigenvalue weighted by atomic mass is 9.89. The number of carbonyl (C=O) groups is 1. The van der Waals surface area contributed by atoms with Gasteiger partial charge in [-0.1, -0.05) is 0 Å². The largest absolute Gasteiger partial charge is 0.467 e. The van der Waals surface area contributed by atoms with Crippen LogP contribution in [-0.4, -0.2) is 44.2 Å². The maximum Gasteiger partial charge on any atom is 0.330 e. The van der Waals surface area contributed by atoms with E-state index in [1.54, 1.807) is 6.92 Å². The molecule has 21 heavy (non-hydrogen) atoms. The van der Waals surface area contributed by atoms with Gasteiger partial charge in [-0.05, 0) is 37.6 Å². The number of nitrogens with one attached hydrogen (secondary N) is 1. The summed E-state index contributed by atoms with van der Waals surface area (Å²) in [4.78, 5) is 14.2. The second-order valence-corrected chi connectivity index (χ2v) is 5.31. The lowest BCUT2D eigenvalue weighted by Crippen LogP contribution is -2.51. The zero-order valence-corrected chi connectivity index (χ0v) is 12.3. The molecule has 1 atom stereocenters. The summed E-state index contributed by atoms with van der Waals surface area (Å²) in [5, 5.41) is 3.24. The smallest absolute Gasteiger partial charge is 0.330 e. The van der Waals surface area contributed by atoms with Crippen LogP contribution < -0.4 is 5.32 Å². The van der Waals surface area contributed by atoms with E-state index in [9.17, 15) is 13.6 Å². The summed E-state index contributed by atoms with van der Waals surface area (Å²) in [6, 6.07) is 3.18. The standard InChI is InChI=1S/C15H20F2N2O2/c1-15(14(20)21-2,19-6-3-4-18-5-7-19)11-8-12(16)10-13(17)9-11/h8-10,18H,3-7H2,1-2H3. The van der Waals surface area contributed by atoms with E-state index >= 15 is 0 Å². The van der Waals surface area contributed by atoms with Gasteiger partial charge in [0.05, 0.1) is 7.11 Å². The van der Waals surface area contributed by atoms with Crippen LogP contribution in [0.3, 0.4) is 0 Å². The Balaban J connectivity index is 2.47. The van der Waals surface area contributed by atoms with Crippen molar-refractivity contribution in [2.45, 2.75) is 18.9 Å². The number of nitrogens with zero attached hydrogens (tertiary/aromatic N) is 1. The predicted octanol–water partition coefficient (Wildman–Crippen LogP) is 1.65. The Labute approximate surface area is 123 Å². The number of rotatable bonds is 3. The Morgan fingerprint density at radius 2 is 1.90 bits per heavy atom. The van der Waals surface area contributed by atoms with E-state index in [1.165, 1.54) is 19.2 Å². The minimum Gasteiger partial charge on any atom is -0.467 e. The Morgan fingerprint density at radius 3 is 2.52 bits per heavy atom. The molecule has 0 saturated carbocycles. The summed E-state index contributed by atoms with van der Waals surface area (Å²) in [5.74, 6) is -1.92. The van der Waals surface area contributed by atoms with Crippen molar-refractivity contribution in [2.24, 2.45) is 0 Å². The maximum absolute atomic E-state index is 13.6. The molecule has 0 spiro atoms. The molecule has 116 valence electrons. The minimum atomic E-state index is -1.20. The number of halogens is 2. The summed E-state index contributed by atoms with van der Waals surface area (Å²) >= 11 is 0. The van der Waals surface area contributed by atoms with Gasteiger partial charge in [0.25, 0.3) is 0 Å². The number of benzene rings is 1. The van der Waals surface area contributed by atoms with Crippen LogP contribution in [0.25, 0.3) is 0 Å². The van der Waals surface area contributed by atoms with Crippen molar-refractivity contribution in [3.8, 4) is 0 Å². The summed E-state index contributed by atoms with van der Waals surface area (Å²) in [5.41, 5.74) is -0.933. The molecule has 2 rings (SSSR count). The van der Waals surface area contributed by atoms with Gasteiger partial charge in [-0.15, -0.1) is 0 Å². The Bertz CT molecular complexity index is 496. The van der Waals surface area contributed by atoms with Crippen molar-refractivity contribution < 1.29 is 18.3 Å². The highest BCUT2D eigenvalue weighted by Gasteiger charge is 2.42. The van der Waals surface area contributed by atoms with Crippen molar-refractivity contribution in [2.75, 3.05) is 33.3 Å². The van der Waals surface area contributed by atoms with E-state index in [1.807, 2.05) is 4.90 Å². The highest BCUT2D eigenvalue weighted by Crippen LogP contribution is 2.31. The van der Waals surface area contributed by atoms with Crippen LogP contribution in [0, 0.1) is 11.6 Å². The van der Waals surface area contributed by atoms with Gasteiger partial charge in [0, 0.05) is 25.7 Å². The fourth-order valence-corrected chi connectivity index (χ4v) is 2.76. The molecule has 6 heteroatoms. The van der Waals surface area contributed by atoms with Gasteiger partial charge >= 0.3 is 5.97 Å². The van der Waals surface area contributed by atoms with Gasteiger partial charge in [0.2, 0.25) is 0 Å². The number of methoxy groups -OCH3 is 1. The highest BCUT2D eigenvalue weighted by atomic mass is 19.1. The molecule has 0 aromatic heterocycles. The maximum atomic E-state index is 13.6. The topological polar surface area (TPSA) is 41.6 Å². The number of esters is 1. The number of hydrogen-bond donors (Lipinski definition) is 1. The molecule has 1 fully saturated rings. The zero-order chi connectivity index (χ0) is 15.5. The summed E-state index contributed by atoms with van der Waals surface area (Å²) in [6.45, 7) is 4.47. The molecule has 1 aromatic carbocycles. The highest BCUT2D eigenvalue weighted by molar-refractivity contribution is 5.82. The molecule has 0 amide bonds. The molecule has 1 unspecified atom stereocenters. The van der Waals surface area contributed by atoms with Crippen molar-refractivity contribution >= 4 is 5.97 Å². The lowest BCUT2D eigenvalue weighted by Gasteiger charge is -2.38. The Kier molecular flexibility index (Phi) is 4.90. The van der Waals surface area contributed by atoms with Crippen LogP contribution in [0.5, 0.6) is 0 Å². The second kappa shape index (κ2) is 6.49. The molecule has 0 aliphatic carbocycles. The first kappa shape index (κ1) is 15.9. The summed E-state index contributed by atoms with van der Waals surface area (Å²) in [6.07, 6.45) is 0.852. The fraction of sp³-hybridized carbons (Fsp3) is 0.533. The third-order valence-corrected chi connectivity index (χ3v) is 3.98. The molecule has 1 aliphatic rings. The molecular weight excluding hydrogens is 278 g/mol. The van der Waals surface area contributed by atoms with Crippen LogP contribution in [0.15, 0.2) is 18.2 Å². The molecular formula is C15H20F2N2O2. The monoisotopic (exact) mass is 298 g/mol. The first-order chi connectivity index (χ1) is 9.98. The van der Waals surface area contributed by atoms with Crippen molar-refractivity contribution in [3.63, 3.8) is 0 Å². The quantitative estimate of drug-likeness (QED) is 0.862. The fourth-order valence-electron chi connectivity index (χ4n) is 2.76. The van der Waals surface area contributed by atoms with Gasteiger partial charge in [-0.3, -0.25) is 4.90 Å². The lowest BCUT2D eigenvalue weighted by molar-refractivity contribution is -0.155. The van der Waals surface area contributed by atoms with E-state index in [-0.39, 0.29) is 5.56 Å². The average molecular weight is 298 g/mol. The van der Waals surface area contributed by atoms with Gasteiger partial charge < -0.3 is 10.1 Å². The minimum absolute atomic E-state index is 0.272. The molecule has 1 heterocycles. The number of hydrogen-bond acceptors (Lipinski definition) is 4. The molecule has 0 radical (unpaired) electrons. The van der Waals surface area contributed by atoms with Crippen LogP contribution >= 0.6 is 0 Å². The van der Waals surface area contributed by atoms with Crippen molar-refractivity contribution in [1.29, 1.82) is 0 Å². The molecule has 4 nitrogen and oxygen atoms in total. The average Bonchev–Trinajstić information content (AvgIpc) is 2.73. The van der Waals surface area contributed by atoms with Crippen molar-refractivity contribution in [1.82, 2.24) is 10.2 Å². The van der Waals surface area contributed by atoms with Crippen LogP contribution in [0.4, 0.5) is 8.78 Å². The molecule has 1 N–H and O–H groups in total. The molecule has 1 aliphatic heterocycles. The number of carbonyl (C=O) groups excluding carboxylic acids is 1. The molecule has 0 bridgehead atoms. The first-order valence-corrected chi connectivity index (χ1v) is 6.99. The van der Waals surface area contributed by atoms with E-state index in [2.05, 4.69) is 5.32 Å². The Morgan fingerprint density at radius 1 is 1.24 bits per heavy atom. The van der Waals surface area contributed by atoms with Gasteiger partial charge in [0.15, 0.2) is 0 Å². The van der Waals surface area contributed by atoms with Crippen molar-refractivity contribution in [3.05, 3.63) is 35.4 Å². The van der Waals surface area contributed by atoms with Crippen LogP contribution in [-0.2, 0) is 15.1 Å². The van der Waals surface area contributed by atoms with Gasteiger partial charge in [-0.2, -0.15) is 0 Å². The van der Waals surface area contributed by atoms with E-state index in [0.29, 0.717) is 19.6 Å². The van der Waals surface area contributed by atoms with Gasteiger partial charge in [0.1, 0.15) is 17.2 Å².